The van der Waals surface area contributed by atoms with Gasteiger partial charge in [0.05, 0.1) is 11.9 Å². The van der Waals surface area contributed by atoms with Crippen LogP contribution in [0.1, 0.15) is 18.3 Å². The lowest BCUT2D eigenvalue weighted by molar-refractivity contribution is 0.168. The topological polar surface area (TPSA) is 85.7 Å². The molecular weight excluding hydrogens is 156 g/mol. The van der Waals surface area contributed by atoms with Crippen molar-refractivity contribution in [1.29, 1.82) is 10.7 Å². The van der Waals surface area contributed by atoms with Crippen molar-refractivity contribution in [2.75, 3.05) is 0 Å². The van der Waals surface area contributed by atoms with Crippen LogP contribution in [0.5, 0.6) is 0 Å². The molecular formula is C7H8N4O. The molecule has 1 aromatic heterocycles. The maximum absolute atomic E-state index is 9.08. The maximum atomic E-state index is 9.08. The summed E-state index contributed by atoms with van der Waals surface area (Å²) in [6, 6.07) is 1.73. The van der Waals surface area contributed by atoms with Crippen LogP contribution in [0.3, 0.4) is 0 Å². The average Bonchev–Trinajstić information content (AvgIpc) is 2.09. The number of hydrogen-bond acceptors (Lipinski definition) is 4. The third kappa shape index (κ3) is 1.27. The van der Waals surface area contributed by atoms with Crippen LogP contribution in [0.4, 0.5) is 0 Å². The largest absolute Gasteiger partial charge is 0.427 e. The van der Waals surface area contributed by atoms with E-state index in [1.54, 1.807) is 6.07 Å². The minimum absolute atomic E-state index is 0.0585. The third-order valence-electron chi connectivity index (χ3n) is 1.45. The van der Waals surface area contributed by atoms with Crippen molar-refractivity contribution in [3.63, 3.8) is 0 Å². The summed E-state index contributed by atoms with van der Waals surface area (Å²) >= 11 is 0. The molecule has 0 fully saturated rings. The summed E-state index contributed by atoms with van der Waals surface area (Å²) in [5.74, 6) is 0. The summed E-state index contributed by atoms with van der Waals surface area (Å²) < 4.78 is 0.602. The predicted octanol–water partition coefficient (Wildman–Crippen LogP) is 0.0340. The molecule has 5 heteroatoms. The molecule has 0 saturated carbocycles. The molecule has 0 spiro atoms. The molecule has 1 aromatic rings. The SMILES string of the molecule is CCc1cn(O)c(=N)c(C#N)n1. The van der Waals surface area contributed by atoms with Crippen molar-refractivity contribution in [3.05, 3.63) is 23.1 Å². The lowest BCUT2D eigenvalue weighted by Crippen LogP contribution is -2.22. The van der Waals surface area contributed by atoms with Crippen molar-refractivity contribution < 1.29 is 5.21 Å². The van der Waals surface area contributed by atoms with Crippen LogP contribution < -0.4 is 5.49 Å². The Balaban J connectivity index is 3.42. The van der Waals surface area contributed by atoms with Gasteiger partial charge in [0.15, 0.2) is 11.2 Å². The molecule has 1 rings (SSSR count). The van der Waals surface area contributed by atoms with E-state index < -0.39 is 0 Å². The molecule has 1 heterocycles. The second-order valence-corrected chi connectivity index (χ2v) is 2.24. The molecule has 0 aliphatic heterocycles. The van der Waals surface area contributed by atoms with Crippen LogP contribution in [-0.2, 0) is 6.42 Å². The first-order valence-corrected chi connectivity index (χ1v) is 3.45. The Hall–Kier alpha value is -1.83. The van der Waals surface area contributed by atoms with E-state index in [1.807, 2.05) is 6.92 Å². The third-order valence-corrected chi connectivity index (χ3v) is 1.45. The zero-order chi connectivity index (χ0) is 9.14. The van der Waals surface area contributed by atoms with Gasteiger partial charge in [-0.2, -0.15) is 9.99 Å². The van der Waals surface area contributed by atoms with E-state index in [9.17, 15) is 0 Å². The summed E-state index contributed by atoms with van der Waals surface area (Å²) in [6.45, 7) is 1.85. The van der Waals surface area contributed by atoms with Crippen molar-refractivity contribution >= 4 is 0 Å². The predicted molar refractivity (Wildman–Crippen MR) is 39.4 cm³/mol. The maximum Gasteiger partial charge on any atom is 0.197 e. The normalized spacial score (nSPS) is 9.33. The van der Waals surface area contributed by atoms with Crippen LogP contribution in [-0.4, -0.2) is 14.9 Å². The zero-order valence-corrected chi connectivity index (χ0v) is 6.57. The summed E-state index contributed by atoms with van der Waals surface area (Å²) in [5.41, 5.74) is 0.247. The molecule has 0 aliphatic carbocycles. The van der Waals surface area contributed by atoms with Gasteiger partial charge in [0, 0.05) is 0 Å². The van der Waals surface area contributed by atoms with E-state index in [0.29, 0.717) is 16.8 Å². The highest BCUT2D eigenvalue weighted by molar-refractivity contribution is 5.16. The molecule has 0 atom stereocenters. The first-order valence-electron chi connectivity index (χ1n) is 3.45. The second-order valence-electron chi connectivity index (χ2n) is 2.24. The number of hydrogen-bond donors (Lipinski definition) is 2. The smallest absolute Gasteiger partial charge is 0.197 e. The Morgan fingerprint density at radius 3 is 3.00 bits per heavy atom. The van der Waals surface area contributed by atoms with Gasteiger partial charge in [0.25, 0.3) is 0 Å². The van der Waals surface area contributed by atoms with Gasteiger partial charge in [-0.05, 0) is 6.42 Å². The molecule has 0 unspecified atom stereocenters. The Labute approximate surface area is 69.0 Å². The van der Waals surface area contributed by atoms with Crippen molar-refractivity contribution in [3.8, 4) is 6.07 Å². The van der Waals surface area contributed by atoms with Crippen LogP contribution in [0.25, 0.3) is 0 Å². The standard InChI is InChI=1S/C7H8N4O/c1-2-5-4-11(12)7(9)6(3-8)10-5/h4,9,12H,2H2,1H3. The fourth-order valence-electron chi connectivity index (χ4n) is 0.788. The molecule has 62 valence electrons. The number of aromatic nitrogens is 2. The Morgan fingerprint density at radius 2 is 2.50 bits per heavy atom. The van der Waals surface area contributed by atoms with Gasteiger partial charge < -0.3 is 5.21 Å². The van der Waals surface area contributed by atoms with Gasteiger partial charge in [-0.25, -0.2) is 4.98 Å². The molecule has 0 saturated heterocycles. The quantitative estimate of drug-likeness (QED) is 0.574. The first-order chi connectivity index (χ1) is 5.69. The molecule has 0 radical (unpaired) electrons. The number of nitriles is 1. The monoisotopic (exact) mass is 164 g/mol. The van der Waals surface area contributed by atoms with Gasteiger partial charge >= 0.3 is 0 Å². The van der Waals surface area contributed by atoms with Crippen molar-refractivity contribution in [2.45, 2.75) is 13.3 Å². The molecule has 0 bridgehead atoms. The Bertz CT molecular complexity index is 387. The summed E-state index contributed by atoms with van der Waals surface area (Å²) in [6.07, 6.45) is 1.94. The molecule has 5 nitrogen and oxygen atoms in total. The van der Waals surface area contributed by atoms with Crippen LogP contribution in [0.15, 0.2) is 6.20 Å². The molecule has 0 aliphatic rings. The summed E-state index contributed by atoms with van der Waals surface area (Å²) in [4.78, 5) is 3.84. The lowest BCUT2D eigenvalue weighted by atomic mass is 10.3. The molecule has 0 amide bonds. The summed E-state index contributed by atoms with van der Waals surface area (Å²) in [5, 5.41) is 24.8. The molecule has 0 aromatic carbocycles. The van der Waals surface area contributed by atoms with E-state index in [1.165, 1.54) is 6.20 Å². The Morgan fingerprint density at radius 1 is 1.83 bits per heavy atom. The zero-order valence-electron chi connectivity index (χ0n) is 6.57. The van der Waals surface area contributed by atoms with E-state index in [4.69, 9.17) is 15.9 Å². The first kappa shape index (κ1) is 8.27. The van der Waals surface area contributed by atoms with Crippen LogP contribution in [0.2, 0.25) is 0 Å². The summed E-state index contributed by atoms with van der Waals surface area (Å²) in [7, 11) is 0. The highest BCUT2D eigenvalue weighted by Gasteiger charge is 2.02. The van der Waals surface area contributed by atoms with Crippen LogP contribution >= 0.6 is 0 Å². The molecule has 12 heavy (non-hydrogen) atoms. The molecule has 2 N–H and O–H groups in total. The van der Waals surface area contributed by atoms with Gasteiger partial charge in [0.2, 0.25) is 0 Å². The number of nitrogens with zero attached hydrogens (tertiary/aromatic N) is 3. The average molecular weight is 164 g/mol. The van der Waals surface area contributed by atoms with Crippen molar-refractivity contribution in [2.24, 2.45) is 0 Å². The second kappa shape index (κ2) is 3.05. The highest BCUT2D eigenvalue weighted by Crippen LogP contribution is 1.92. The number of aryl methyl sites for hydroxylation is 1. The highest BCUT2D eigenvalue weighted by atomic mass is 16.5. The fraction of sp³-hybridized carbons (Fsp3) is 0.286. The minimum atomic E-state index is -0.283. The van der Waals surface area contributed by atoms with E-state index in [0.717, 1.165) is 0 Å². The van der Waals surface area contributed by atoms with Gasteiger partial charge in [0.1, 0.15) is 6.07 Å². The van der Waals surface area contributed by atoms with Crippen molar-refractivity contribution in [1.82, 2.24) is 9.71 Å². The van der Waals surface area contributed by atoms with E-state index >= 15 is 0 Å². The fourth-order valence-corrected chi connectivity index (χ4v) is 0.788. The van der Waals surface area contributed by atoms with Gasteiger partial charge in [-0.3, -0.25) is 5.41 Å². The van der Waals surface area contributed by atoms with Gasteiger partial charge in [-0.1, -0.05) is 6.92 Å². The van der Waals surface area contributed by atoms with Gasteiger partial charge in [-0.15, -0.1) is 0 Å². The minimum Gasteiger partial charge on any atom is -0.427 e. The number of rotatable bonds is 1. The lowest BCUT2D eigenvalue weighted by Gasteiger charge is -2.00. The van der Waals surface area contributed by atoms with Crippen LogP contribution in [0, 0.1) is 16.7 Å². The van der Waals surface area contributed by atoms with E-state index in [-0.39, 0.29) is 11.2 Å². The Kier molecular flexibility index (Phi) is 2.10. The van der Waals surface area contributed by atoms with E-state index in [2.05, 4.69) is 4.98 Å². The number of nitrogens with one attached hydrogen (secondary N) is 1.